The number of thiazole rings is 1. The van der Waals surface area contributed by atoms with Gasteiger partial charge in [-0.15, -0.1) is 11.3 Å². The predicted octanol–water partition coefficient (Wildman–Crippen LogP) is 2.70. The largest absolute Gasteiger partial charge is 0.322 e. The zero-order valence-corrected chi connectivity index (χ0v) is 9.66. The van der Waals surface area contributed by atoms with Gasteiger partial charge in [-0.3, -0.25) is 0 Å². The van der Waals surface area contributed by atoms with E-state index in [-0.39, 0.29) is 6.04 Å². The van der Waals surface area contributed by atoms with Crippen LogP contribution in [-0.4, -0.2) is 4.98 Å². The van der Waals surface area contributed by atoms with Crippen molar-refractivity contribution in [3.63, 3.8) is 0 Å². The summed E-state index contributed by atoms with van der Waals surface area (Å²) >= 11 is 1.56. The second kappa shape index (κ2) is 4.44. The lowest BCUT2D eigenvalue weighted by Gasteiger charge is -1.98. The topological polar surface area (TPSA) is 62.7 Å². The fourth-order valence-corrected chi connectivity index (χ4v) is 2.13. The fraction of sp³-hybridized carbons (Fsp3) is 0.167. The number of nitrogens with two attached hydrogens (primary N) is 1. The molecule has 0 radical (unpaired) electrons. The van der Waals surface area contributed by atoms with E-state index in [1.165, 1.54) is 0 Å². The van der Waals surface area contributed by atoms with Gasteiger partial charge < -0.3 is 5.73 Å². The molecule has 0 aliphatic carbocycles. The summed E-state index contributed by atoms with van der Waals surface area (Å²) in [5.41, 5.74) is 8.35. The van der Waals surface area contributed by atoms with Crippen LogP contribution in [0.25, 0.3) is 11.3 Å². The summed E-state index contributed by atoms with van der Waals surface area (Å²) in [4.78, 5) is 4.45. The van der Waals surface area contributed by atoms with Crippen LogP contribution in [0, 0.1) is 11.3 Å². The summed E-state index contributed by atoms with van der Waals surface area (Å²) in [6.45, 7) is 1.92. The normalized spacial score (nSPS) is 12.1. The third kappa shape index (κ3) is 2.11. The first kappa shape index (κ1) is 10.8. The highest BCUT2D eigenvalue weighted by molar-refractivity contribution is 7.10. The predicted molar refractivity (Wildman–Crippen MR) is 64.9 cm³/mol. The quantitative estimate of drug-likeness (QED) is 0.861. The van der Waals surface area contributed by atoms with E-state index in [0.29, 0.717) is 5.56 Å². The first-order valence-corrected chi connectivity index (χ1v) is 5.80. The Labute approximate surface area is 98.2 Å². The first-order valence-electron chi connectivity index (χ1n) is 4.92. The Morgan fingerprint density at radius 3 is 2.56 bits per heavy atom. The zero-order chi connectivity index (χ0) is 11.5. The molecule has 0 aliphatic heterocycles. The van der Waals surface area contributed by atoms with Crippen molar-refractivity contribution in [1.29, 1.82) is 5.26 Å². The Morgan fingerprint density at radius 2 is 2.06 bits per heavy atom. The van der Waals surface area contributed by atoms with Gasteiger partial charge in [0.15, 0.2) is 0 Å². The summed E-state index contributed by atoms with van der Waals surface area (Å²) in [7, 11) is 0. The number of benzene rings is 1. The van der Waals surface area contributed by atoms with E-state index >= 15 is 0 Å². The highest BCUT2D eigenvalue weighted by Crippen LogP contribution is 2.24. The van der Waals surface area contributed by atoms with Gasteiger partial charge in [0.1, 0.15) is 5.01 Å². The molecular formula is C12H11N3S. The lowest BCUT2D eigenvalue weighted by Crippen LogP contribution is -2.03. The van der Waals surface area contributed by atoms with Gasteiger partial charge in [-0.2, -0.15) is 5.26 Å². The first-order chi connectivity index (χ1) is 7.70. The van der Waals surface area contributed by atoms with Gasteiger partial charge in [0.2, 0.25) is 0 Å². The molecule has 2 rings (SSSR count). The monoisotopic (exact) mass is 229 g/mol. The molecule has 2 N–H and O–H groups in total. The summed E-state index contributed by atoms with van der Waals surface area (Å²) in [6.07, 6.45) is 0. The van der Waals surface area contributed by atoms with Crippen LogP contribution in [0.5, 0.6) is 0 Å². The highest BCUT2D eigenvalue weighted by Gasteiger charge is 2.07. The molecule has 80 valence electrons. The molecule has 16 heavy (non-hydrogen) atoms. The van der Waals surface area contributed by atoms with E-state index < -0.39 is 0 Å². The van der Waals surface area contributed by atoms with Crippen molar-refractivity contribution in [2.24, 2.45) is 5.73 Å². The number of hydrogen-bond donors (Lipinski definition) is 1. The van der Waals surface area contributed by atoms with Crippen molar-refractivity contribution in [3.05, 3.63) is 40.2 Å². The minimum absolute atomic E-state index is 0.0304. The summed E-state index contributed by atoms with van der Waals surface area (Å²) in [6, 6.07) is 9.45. The molecule has 1 heterocycles. The van der Waals surface area contributed by atoms with E-state index in [9.17, 15) is 0 Å². The molecule has 1 aromatic heterocycles. The van der Waals surface area contributed by atoms with E-state index in [0.717, 1.165) is 16.3 Å². The van der Waals surface area contributed by atoms with Gasteiger partial charge in [0.05, 0.1) is 23.4 Å². The molecule has 4 heteroatoms. The van der Waals surface area contributed by atoms with Crippen LogP contribution in [0.15, 0.2) is 29.6 Å². The molecule has 0 saturated carbocycles. The minimum Gasteiger partial charge on any atom is -0.322 e. The molecule has 0 spiro atoms. The zero-order valence-electron chi connectivity index (χ0n) is 8.84. The van der Waals surface area contributed by atoms with Crippen molar-refractivity contribution in [1.82, 2.24) is 4.98 Å². The Morgan fingerprint density at radius 1 is 1.38 bits per heavy atom. The van der Waals surface area contributed by atoms with E-state index in [1.807, 2.05) is 24.4 Å². The molecule has 0 fully saturated rings. The van der Waals surface area contributed by atoms with Crippen LogP contribution < -0.4 is 5.73 Å². The smallest absolute Gasteiger partial charge is 0.110 e. The summed E-state index contributed by atoms with van der Waals surface area (Å²) in [5, 5.41) is 11.6. The molecular weight excluding hydrogens is 218 g/mol. The molecule has 1 aromatic carbocycles. The van der Waals surface area contributed by atoms with Crippen molar-refractivity contribution in [2.75, 3.05) is 0 Å². The van der Waals surface area contributed by atoms with E-state index in [4.69, 9.17) is 11.0 Å². The van der Waals surface area contributed by atoms with Gasteiger partial charge in [-0.25, -0.2) is 4.98 Å². The van der Waals surface area contributed by atoms with Crippen molar-refractivity contribution >= 4 is 11.3 Å². The Balaban J connectivity index is 2.32. The maximum atomic E-state index is 8.70. The van der Waals surface area contributed by atoms with Crippen molar-refractivity contribution < 1.29 is 0 Å². The number of aromatic nitrogens is 1. The van der Waals surface area contributed by atoms with Crippen LogP contribution >= 0.6 is 11.3 Å². The number of nitriles is 1. The van der Waals surface area contributed by atoms with E-state index in [2.05, 4.69) is 11.1 Å². The molecule has 0 amide bonds. The minimum atomic E-state index is -0.0304. The van der Waals surface area contributed by atoms with Crippen LogP contribution in [0.1, 0.15) is 23.5 Å². The number of nitrogens with zero attached hydrogens (tertiary/aromatic N) is 2. The van der Waals surface area contributed by atoms with E-state index in [1.54, 1.807) is 23.5 Å². The summed E-state index contributed by atoms with van der Waals surface area (Å²) < 4.78 is 0. The average Bonchev–Trinajstić information content (AvgIpc) is 2.78. The maximum Gasteiger partial charge on any atom is 0.110 e. The van der Waals surface area contributed by atoms with Crippen molar-refractivity contribution in [2.45, 2.75) is 13.0 Å². The molecule has 2 aromatic rings. The van der Waals surface area contributed by atoms with Crippen LogP contribution in [0.2, 0.25) is 0 Å². The second-order valence-electron chi connectivity index (χ2n) is 3.55. The molecule has 0 saturated heterocycles. The third-order valence-electron chi connectivity index (χ3n) is 2.22. The van der Waals surface area contributed by atoms with Gasteiger partial charge in [0.25, 0.3) is 0 Å². The number of hydrogen-bond acceptors (Lipinski definition) is 4. The standard InChI is InChI=1S/C12H11N3S/c1-8(14)12-15-11(7-16-12)10-4-2-9(6-13)3-5-10/h2-5,7-8H,14H2,1H3/t8-/m0/s1. The van der Waals surface area contributed by atoms with Crippen LogP contribution in [0.3, 0.4) is 0 Å². The average molecular weight is 229 g/mol. The Bertz CT molecular complexity index is 520. The lowest BCUT2D eigenvalue weighted by atomic mass is 10.1. The molecule has 0 aliphatic rings. The SMILES string of the molecule is C[C@H](N)c1nc(-c2ccc(C#N)cc2)cs1. The number of rotatable bonds is 2. The van der Waals surface area contributed by atoms with Gasteiger partial charge in [-0.1, -0.05) is 12.1 Å². The molecule has 1 atom stereocenters. The lowest BCUT2D eigenvalue weighted by molar-refractivity contribution is 0.808. The van der Waals surface area contributed by atoms with Gasteiger partial charge in [0, 0.05) is 10.9 Å². The van der Waals surface area contributed by atoms with Gasteiger partial charge >= 0.3 is 0 Å². The molecule has 3 nitrogen and oxygen atoms in total. The van der Waals surface area contributed by atoms with Crippen LogP contribution in [0.4, 0.5) is 0 Å². The third-order valence-corrected chi connectivity index (χ3v) is 3.27. The maximum absolute atomic E-state index is 8.70. The molecule has 0 bridgehead atoms. The Kier molecular flexibility index (Phi) is 3.00. The highest BCUT2D eigenvalue weighted by atomic mass is 32.1. The molecule has 0 unspecified atom stereocenters. The fourth-order valence-electron chi connectivity index (χ4n) is 1.34. The Hall–Kier alpha value is -1.70. The van der Waals surface area contributed by atoms with Gasteiger partial charge in [-0.05, 0) is 19.1 Å². The second-order valence-corrected chi connectivity index (χ2v) is 4.44. The van der Waals surface area contributed by atoms with Crippen molar-refractivity contribution in [3.8, 4) is 17.3 Å². The van der Waals surface area contributed by atoms with Crippen LogP contribution in [-0.2, 0) is 0 Å². The summed E-state index contributed by atoms with van der Waals surface area (Å²) in [5.74, 6) is 0.